The molecule has 0 bridgehead atoms. The third kappa shape index (κ3) is 3.02. The Balaban J connectivity index is 2.82. The van der Waals surface area contributed by atoms with Gasteiger partial charge in [0.25, 0.3) is 5.91 Å². The molecule has 0 aliphatic rings. The fraction of sp³-hybridized carbons (Fsp3) is 0.455. The summed E-state index contributed by atoms with van der Waals surface area (Å²) in [5, 5.41) is 0. The van der Waals surface area contributed by atoms with Crippen LogP contribution in [-0.4, -0.2) is 30.6 Å². The van der Waals surface area contributed by atoms with Crippen LogP contribution in [0, 0.1) is 0 Å². The molecule has 4 nitrogen and oxygen atoms in total. The average Bonchev–Trinajstić information content (AvgIpc) is 2.28. The highest BCUT2D eigenvalue weighted by Gasteiger charge is 2.20. The Hall–Kier alpha value is -0.940. The van der Waals surface area contributed by atoms with Crippen LogP contribution in [0.4, 0.5) is 5.82 Å². The third-order valence-electron chi connectivity index (χ3n) is 2.15. The predicted molar refractivity (Wildman–Crippen MR) is 66.4 cm³/mol. The van der Waals surface area contributed by atoms with E-state index in [0.717, 1.165) is 4.47 Å². The van der Waals surface area contributed by atoms with Gasteiger partial charge in [0, 0.05) is 19.9 Å². The molecule has 0 N–H and O–H groups in total. The molecule has 16 heavy (non-hydrogen) atoms. The first kappa shape index (κ1) is 13.1. The van der Waals surface area contributed by atoms with Gasteiger partial charge in [-0.3, -0.25) is 9.69 Å². The van der Waals surface area contributed by atoms with Crippen LogP contribution in [0.15, 0.2) is 22.8 Å². The van der Waals surface area contributed by atoms with Gasteiger partial charge in [-0.05, 0) is 41.9 Å². The zero-order chi connectivity index (χ0) is 12.1. The average molecular weight is 287 g/mol. The van der Waals surface area contributed by atoms with Crippen LogP contribution in [0.3, 0.4) is 0 Å². The maximum Gasteiger partial charge on any atom is 0.256 e. The first-order valence-corrected chi connectivity index (χ1v) is 5.87. The van der Waals surface area contributed by atoms with Crippen molar-refractivity contribution in [3.63, 3.8) is 0 Å². The molecule has 0 spiro atoms. The molecule has 0 radical (unpaired) electrons. The molecule has 1 aromatic rings. The van der Waals surface area contributed by atoms with Crippen LogP contribution >= 0.6 is 15.9 Å². The molecule has 88 valence electrons. The molecule has 0 saturated carbocycles. The summed E-state index contributed by atoms with van der Waals surface area (Å²) in [7, 11) is 1.69. The number of carbonyl (C=O) groups excluding carboxylic acids is 1. The highest BCUT2D eigenvalue weighted by atomic mass is 79.9. The van der Waals surface area contributed by atoms with E-state index >= 15 is 0 Å². The lowest BCUT2D eigenvalue weighted by Gasteiger charge is -2.21. The quantitative estimate of drug-likeness (QED) is 0.853. The maximum absolute atomic E-state index is 11.9. The summed E-state index contributed by atoms with van der Waals surface area (Å²) in [5.74, 6) is 0.486. The highest BCUT2D eigenvalue weighted by molar-refractivity contribution is 9.10. The van der Waals surface area contributed by atoms with E-state index < -0.39 is 6.10 Å². The lowest BCUT2D eigenvalue weighted by atomic mass is 10.3. The van der Waals surface area contributed by atoms with Crippen LogP contribution < -0.4 is 4.90 Å². The monoisotopic (exact) mass is 286 g/mol. The molecule has 0 aromatic carbocycles. The van der Waals surface area contributed by atoms with Crippen molar-refractivity contribution in [1.82, 2.24) is 4.98 Å². The predicted octanol–water partition coefficient (Wildman–Crippen LogP) is 2.23. The summed E-state index contributed by atoms with van der Waals surface area (Å²) in [4.78, 5) is 17.6. The second kappa shape index (κ2) is 5.96. The Morgan fingerprint density at radius 2 is 2.38 bits per heavy atom. The van der Waals surface area contributed by atoms with Crippen LogP contribution in [0.25, 0.3) is 0 Å². The molecule has 0 fully saturated rings. The van der Waals surface area contributed by atoms with Crippen LogP contribution in [0.5, 0.6) is 0 Å². The summed E-state index contributed by atoms with van der Waals surface area (Å²) in [6.07, 6.45) is 1.19. The molecule has 1 amide bonds. The molecule has 0 unspecified atom stereocenters. The molecular formula is C11H15BrN2O2. The largest absolute Gasteiger partial charge is 0.369 e. The van der Waals surface area contributed by atoms with Gasteiger partial charge in [-0.15, -0.1) is 0 Å². The van der Waals surface area contributed by atoms with Crippen molar-refractivity contribution in [2.75, 3.05) is 18.6 Å². The minimum Gasteiger partial charge on any atom is -0.369 e. The summed E-state index contributed by atoms with van der Waals surface area (Å²) >= 11 is 3.36. The van der Waals surface area contributed by atoms with E-state index in [0.29, 0.717) is 12.4 Å². The summed E-state index contributed by atoms with van der Waals surface area (Å²) < 4.78 is 6.04. The van der Waals surface area contributed by atoms with Gasteiger partial charge in [0.2, 0.25) is 0 Å². The third-order valence-corrected chi connectivity index (χ3v) is 2.77. The molecule has 1 atom stereocenters. The number of nitrogens with zero attached hydrogens (tertiary/aromatic N) is 2. The molecule has 0 aliphatic carbocycles. The van der Waals surface area contributed by atoms with E-state index in [1.807, 2.05) is 13.0 Å². The van der Waals surface area contributed by atoms with Gasteiger partial charge in [0.15, 0.2) is 0 Å². The molecule has 1 aromatic heterocycles. The number of aromatic nitrogens is 1. The summed E-state index contributed by atoms with van der Waals surface area (Å²) in [6.45, 7) is 4.11. The number of pyridine rings is 1. The number of ether oxygens (including phenoxy) is 1. The zero-order valence-corrected chi connectivity index (χ0v) is 11.2. The van der Waals surface area contributed by atoms with Gasteiger partial charge in [-0.2, -0.15) is 0 Å². The SMILES string of the molecule is CCO[C@H](C)C(=O)N(C)c1ncccc1Br. The van der Waals surface area contributed by atoms with Gasteiger partial charge in [-0.25, -0.2) is 4.98 Å². The number of amides is 1. The fourth-order valence-corrected chi connectivity index (χ4v) is 1.84. The second-order valence-corrected chi connectivity index (χ2v) is 4.16. The second-order valence-electron chi connectivity index (χ2n) is 3.30. The molecule has 0 saturated heterocycles. The zero-order valence-electron chi connectivity index (χ0n) is 9.61. The number of rotatable bonds is 4. The van der Waals surface area contributed by atoms with E-state index in [1.165, 1.54) is 4.90 Å². The van der Waals surface area contributed by atoms with E-state index in [2.05, 4.69) is 20.9 Å². The first-order chi connectivity index (χ1) is 7.57. The maximum atomic E-state index is 11.9. The Kier molecular flexibility index (Phi) is 4.89. The molecular weight excluding hydrogens is 272 g/mol. The van der Waals surface area contributed by atoms with Gasteiger partial charge in [0.1, 0.15) is 11.9 Å². The van der Waals surface area contributed by atoms with Gasteiger partial charge >= 0.3 is 0 Å². The van der Waals surface area contributed by atoms with Crippen molar-refractivity contribution in [3.05, 3.63) is 22.8 Å². The smallest absolute Gasteiger partial charge is 0.256 e. The van der Waals surface area contributed by atoms with Crippen molar-refractivity contribution in [2.24, 2.45) is 0 Å². The topological polar surface area (TPSA) is 42.4 Å². The standard InChI is InChI=1S/C11H15BrN2O2/c1-4-16-8(2)11(15)14(3)10-9(12)6-5-7-13-10/h5-8H,4H2,1-3H3/t8-/m1/s1. The lowest BCUT2D eigenvalue weighted by Crippen LogP contribution is -2.37. The van der Waals surface area contributed by atoms with Crippen LogP contribution in [0.2, 0.25) is 0 Å². The molecule has 1 heterocycles. The number of likely N-dealkylation sites (N-methyl/N-ethyl adjacent to an activating group) is 1. The van der Waals surface area contributed by atoms with Crippen molar-refractivity contribution in [3.8, 4) is 0 Å². The number of hydrogen-bond acceptors (Lipinski definition) is 3. The first-order valence-electron chi connectivity index (χ1n) is 5.07. The summed E-state index contributed by atoms with van der Waals surface area (Å²) in [6, 6.07) is 3.65. The van der Waals surface area contributed by atoms with Crippen molar-refractivity contribution in [1.29, 1.82) is 0 Å². The number of halogens is 1. The minimum atomic E-state index is -0.455. The highest BCUT2D eigenvalue weighted by Crippen LogP contribution is 2.22. The van der Waals surface area contributed by atoms with Crippen LogP contribution in [-0.2, 0) is 9.53 Å². The molecule has 0 aliphatic heterocycles. The van der Waals surface area contributed by atoms with E-state index in [4.69, 9.17) is 4.74 Å². The van der Waals surface area contributed by atoms with Crippen molar-refractivity contribution in [2.45, 2.75) is 20.0 Å². The Labute approximate surface area is 104 Å². The number of anilines is 1. The number of hydrogen-bond donors (Lipinski definition) is 0. The van der Waals surface area contributed by atoms with Gasteiger partial charge in [0.05, 0.1) is 4.47 Å². The minimum absolute atomic E-state index is 0.110. The summed E-state index contributed by atoms with van der Waals surface area (Å²) in [5.41, 5.74) is 0. The normalized spacial score (nSPS) is 12.2. The Bertz CT molecular complexity index is 371. The number of carbonyl (C=O) groups is 1. The molecule has 5 heteroatoms. The Morgan fingerprint density at radius 3 is 2.94 bits per heavy atom. The van der Waals surface area contributed by atoms with Crippen molar-refractivity contribution < 1.29 is 9.53 Å². The molecule has 1 rings (SSSR count). The fourth-order valence-electron chi connectivity index (χ4n) is 1.32. The van der Waals surface area contributed by atoms with Crippen molar-refractivity contribution >= 4 is 27.7 Å². The van der Waals surface area contributed by atoms with E-state index in [9.17, 15) is 4.79 Å². The van der Waals surface area contributed by atoms with Gasteiger partial charge in [-0.1, -0.05) is 0 Å². The Morgan fingerprint density at radius 1 is 1.69 bits per heavy atom. The van der Waals surface area contributed by atoms with E-state index in [1.54, 1.807) is 26.2 Å². The lowest BCUT2D eigenvalue weighted by molar-refractivity contribution is -0.128. The van der Waals surface area contributed by atoms with Gasteiger partial charge < -0.3 is 4.74 Å². The van der Waals surface area contributed by atoms with Crippen LogP contribution in [0.1, 0.15) is 13.8 Å². The van der Waals surface area contributed by atoms with E-state index in [-0.39, 0.29) is 5.91 Å².